The highest BCUT2D eigenvalue weighted by Crippen LogP contribution is 2.19. The maximum absolute atomic E-state index is 11.3. The van der Waals surface area contributed by atoms with E-state index in [0.717, 1.165) is 11.1 Å². The van der Waals surface area contributed by atoms with E-state index in [1.165, 1.54) is 0 Å². The fourth-order valence-corrected chi connectivity index (χ4v) is 2.02. The predicted octanol–water partition coefficient (Wildman–Crippen LogP) is 3.72. The molecule has 2 rings (SSSR count). The highest BCUT2D eigenvalue weighted by atomic mass is 35.5. The van der Waals surface area contributed by atoms with E-state index in [1.807, 2.05) is 25.1 Å². The molecular formula is C16H15ClO3. The topological polar surface area (TPSA) is 46.5 Å². The summed E-state index contributed by atoms with van der Waals surface area (Å²) in [7, 11) is 0. The minimum absolute atomic E-state index is 0.268. The Labute approximate surface area is 122 Å². The van der Waals surface area contributed by atoms with Crippen LogP contribution in [0.15, 0.2) is 48.5 Å². The fourth-order valence-electron chi connectivity index (χ4n) is 1.82. The Morgan fingerprint density at radius 3 is 2.55 bits per heavy atom. The molecule has 0 aromatic heterocycles. The van der Waals surface area contributed by atoms with Crippen molar-refractivity contribution in [2.45, 2.75) is 19.4 Å². The number of halogens is 1. The van der Waals surface area contributed by atoms with Gasteiger partial charge in [0, 0.05) is 11.4 Å². The first-order valence-corrected chi connectivity index (χ1v) is 6.63. The number of hydrogen-bond acceptors (Lipinski definition) is 2. The Morgan fingerprint density at radius 2 is 1.95 bits per heavy atom. The average Bonchev–Trinajstić information content (AvgIpc) is 2.43. The van der Waals surface area contributed by atoms with Crippen molar-refractivity contribution in [3.63, 3.8) is 0 Å². The molecule has 0 unspecified atom stereocenters. The first kappa shape index (κ1) is 14.4. The molecule has 3 nitrogen and oxygen atoms in total. The van der Waals surface area contributed by atoms with E-state index in [9.17, 15) is 9.90 Å². The smallest absolute Gasteiger partial charge is 0.345 e. The Balaban J connectivity index is 2.13. The zero-order valence-electron chi connectivity index (χ0n) is 11.0. The molecule has 0 spiro atoms. The molecular weight excluding hydrogens is 276 g/mol. The minimum atomic E-state index is -0.995. The fraction of sp³-hybridized carbons (Fsp3) is 0.188. The molecule has 0 aliphatic heterocycles. The lowest BCUT2D eigenvalue weighted by molar-refractivity contribution is -0.145. The van der Waals surface area contributed by atoms with Crippen LogP contribution in [-0.4, -0.2) is 17.2 Å². The van der Waals surface area contributed by atoms with Gasteiger partial charge in [0.15, 0.2) is 6.10 Å². The van der Waals surface area contributed by atoms with Crippen molar-refractivity contribution in [2.75, 3.05) is 0 Å². The normalized spacial score (nSPS) is 11.9. The van der Waals surface area contributed by atoms with E-state index in [4.69, 9.17) is 16.3 Å². The number of ether oxygens (including phenoxy) is 1. The SMILES string of the molecule is Cc1ccc(C[C@H](Oc2ccccc2)C(=O)O)cc1Cl. The minimum Gasteiger partial charge on any atom is -0.478 e. The summed E-state index contributed by atoms with van der Waals surface area (Å²) in [6.07, 6.45) is -0.666. The molecule has 2 aromatic carbocycles. The number of aliphatic carboxylic acids is 1. The molecule has 2 aromatic rings. The van der Waals surface area contributed by atoms with Crippen LogP contribution in [0.2, 0.25) is 5.02 Å². The van der Waals surface area contributed by atoms with Crippen LogP contribution in [-0.2, 0) is 11.2 Å². The Bertz CT molecular complexity index is 596. The second kappa shape index (κ2) is 6.44. The molecule has 0 aliphatic carbocycles. The third kappa shape index (κ3) is 3.75. The maximum Gasteiger partial charge on any atom is 0.345 e. The number of hydrogen-bond donors (Lipinski definition) is 1. The molecule has 4 heteroatoms. The number of carbonyl (C=O) groups is 1. The molecule has 0 saturated carbocycles. The van der Waals surface area contributed by atoms with Gasteiger partial charge >= 0.3 is 5.97 Å². The second-order valence-electron chi connectivity index (χ2n) is 4.55. The second-order valence-corrected chi connectivity index (χ2v) is 4.95. The van der Waals surface area contributed by atoms with Crippen LogP contribution in [0.3, 0.4) is 0 Å². The lowest BCUT2D eigenvalue weighted by Crippen LogP contribution is -2.29. The molecule has 20 heavy (non-hydrogen) atoms. The van der Waals surface area contributed by atoms with Gasteiger partial charge in [-0.05, 0) is 36.2 Å². The zero-order chi connectivity index (χ0) is 14.5. The van der Waals surface area contributed by atoms with Crippen LogP contribution in [0.5, 0.6) is 5.75 Å². The van der Waals surface area contributed by atoms with Gasteiger partial charge < -0.3 is 9.84 Å². The first-order chi connectivity index (χ1) is 9.56. The quantitative estimate of drug-likeness (QED) is 0.913. The van der Waals surface area contributed by atoms with E-state index < -0.39 is 12.1 Å². The van der Waals surface area contributed by atoms with Crippen LogP contribution in [0.1, 0.15) is 11.1 Å². The van der Waals surface area contributed by atoms with E-state index in [1.54, 1.807) is 30.3 Å². The van der Waals surface area contributed by atoms with Crippen LogP contribution >= 0.6 is 11.6 Å². The predicted molar refractivity (Wildman–Crippen MR) is 78.4 cm³/mol. The van der Waals surface area contributed by atoms with E-state index >= 15 is 0 Å². The number of carboxylic acids is 1. The monoisotopic (exact) mass is 290 g/mol. The summed E-state index contributed by atoms with van der Waals surface area (Å²) in [6, 6.07) is 14.4. The molecule has 0 amide bonds. The van der Waals surface area contributed by atoms with Crippen molar-refractivity contribution in [3.05, 3.63) is 64.7 Å². The molecule has 104 valence electrons. The van der Waals surface area contributed by atoms with Gasteiger partial charge in [0.2, 0.25) is 0 Å². The highest BCUT2D eigenvalue weighted by molar-refractivity contribution is 6.31. The van der Waals surface area contributed by atoms with Gasteiger partial charge in [0.1, 0.15) is 5.75 Å². The molecule has 0 radical (unpaired) electrons. The Kier molecular flexibility index (Phi) is 4.64. The van der Waals surface area contributed by atoms with E-state index in [2.05, 4.69) is 0 Å². The lowest BCUT2D eigenvalue weighted by Gasteiger charge is -2.15. The summed E-state index contributed by atoms with van der Waals surface area (Å²) in [4.78, 5) is 11.3. The molecule has 0 fully saturated rings. The summed E-state index contributed by atoms with van der Waals surface area (Å²) in [6.45, 7) is 1.90. The Morgan fingerprint density at radius 1 is 1.25 bits per heavy atom. The van der Waals surface area contributed by atoms with Gasteiger partial charge in [-0.25, -0.2) is 4.79 Å². The third-order valence-corrected chi connectivity index (χ3v) is 3.36. The first-order valence-electron chi connectivity index (χ1n) is 6.26. The van der Waals surface area contributed by atoms with Crippen molar-refractivity contribution < 1.29 is 14.6 Å². The average molecular weight is 291 g/mol. The van der Waals surface area contributed by atoms with E-state index in [-0.39, 0.29) is 6.42 Å². The van der Waals surface area contributed by atoms with Gasteiger partial charge in [-0.3, -0.25) is 0 Å². The molecule has 0 saturated heterocycles. The number of para-hydroxylation sites is 1. The van der Waals surface area contributed by atoms with Crippen LogP contribution in [0, 0.1) is 6.92 Å². The molecule has 0 heterocycles. The maximum atomic E-state index is 11.3. The summed E-state index contributed by atoms with van der Waals surface area (Å²) >= 11 is 6.05. The standard InChI is InChI=1S/C16H15ClO3/c1-11-7-8-12(9-14(11)17)10-15(16(18)19)20-13-5-3-2-4-6-13/h2-9,15H,10H2,1H3,(H,18,19)/t15-/m0/s1. The zero-order valence-corrected chi connectivity index (χ0v) is 11.8. The molecule has 0 bridgehead atoms. The van der Waals surface area contributed by atoms with Gasteiger partial charge in [-0.1, -0.05) is 41.9 Å². The third-order valence-electron chi connectivity index (χ3n) is 2.95. The number of carboxylic acid groups (broad SMARTS) is 1. The van der Waals surface area contributed by atoms with Crippen molar-refractivity contribution in [1.29, 1.82) is 0 Å². The summed E-state index contributed by atoms with van der Waals surface area (Å²) in [5, 5.41) is 9.89. The highest BCUT2D eigenvalue weighted by Gasteiger charge is 2.20. The number of benzene rings is 2. The molecule has 1 atom stereocenters. The van der Waals surface area contributed by atoms with Crippen LogP contribution < -0.4 is 4.74 Å². The van der Waals surface area contributed by atoms with Crippen LogP contribution in [0.4, 0.5) is 0 Å². The van der Waals surface area contributed by atoms with Gasteiger partial charge in [0.25, 0.3) is 0 Å². The van der Waals surface area contributed by atoms with Gasteiger partial charge in [-0.2, -0.15) is 0 Å². The Hall–Kier alpha value is -2.00. The van der Waals surface area contributed by atoms with Crippen molar-refractivity contribution in [3.8, 4) is 5.75 Å². The summed E-state index contributed by atoms with van der Waals surface area (Å²) in [5.74, 6) is -0.455. The number of rotatable bonds is 5. The van der Waals surface area contributed by atoms with Gasteiger partial charge in [-0.15, -0.1) is 0 Å². The molecule has 0 aliphatic rings. The van der Waals surface area contributed by atoms with Crippen molar-refractivity contribution in [1.82, 2.24) is 0 Å². The molecule has 1 N–H and O–H groups in total. The lowest BCUT2D eigenvalue weighted by atomic mass is 10.1. The van der Waals surface area contributed by atoms with Crippen LogP contribution in [0.25, 0.3) is 0 Å². The van der Waals surface area contributed by atoms with Gasteiger partial charge in [0.05, 0.1) is 0 Å². The number of aryl methyl sites for hydroxylation is 1. The largest absolute Gasteiger partial charge is 0.478 e. The van der Waals surface area contributed by atoms with E-state index in [0.29, 0.717) is 10.8 Å². The van der Waals surface area contributed by atoms with Crippen molar-refractivity contribution >= 4 is 17.6 Å². The van der Waals surface area contributed by atoms with Crippen molar-refractivity contribution in [2.24, 2.45) is 0 Å². The summed E-state index contributed by atoms with van der Waals surface area (Å²) in [5.41, 5.74) is 1.80. The summed E-state index contributed by atoms with van der Waals surface area (Å²) < 4.78 is 5.51.